The highest BCUT2D eigenvalue weighted by Crippen LogP contribution is 2.18. The van der Waals surface area contributed by atoms with Gasteiger partial charge in [0.25, 0.3) is 0 Å². The number of nitrogens with zero attached hydrogens (tertiary/aromatic N) is 1. The molecule has 1 unspecified atom stereocenters. The minimum Gasteiger partial charge on any atom is -0.304 e. The minimum absolute atomic E-state index is 0.428. The van der Waals surface area contributed by atoms with Gasteiger partial charge in [0, 0.05) is 28.5 Å². The molecule has 1 atom stereocenters. The van der Waals surface area contributed by atoms with Crippen molar-refractivity contribution < 1.29 is 0 Å². The minimum atomic E-state index is 0.428. The normalized spacial score (nSPS) is 12.9. The molecule has 2 nitrogen and oxygen atoms in total. The van der Waals surface area contributed by atoms with Gasteiger partial charge >= 0.3 is 0 Å². The second-order valence-electron chi connectivity index (χ2n) is 3.09. The molecule has 14 heavy (non-hydrogen) atoms. The predicted molar refractivity (Wildman–Crippen MR) is 61.7 cm³/mol. The molecular formula is C10H12N2S2. The van der Waals surface area contributed by atoms with Gasteiger partial charge in [0.1, 0.15) is 0 Å². The smallest absolute Gasteiger partial charge is 0.0794 e. The lowest BCUT2D eigenvalue weighted by Gasteiger charge is -2.10. The molecule has 2 aromatic rings. The lowest BCUT2D eigenvalue weighted by molar-refractivity contribution is 0.587. The summed E-state index contributed by atoms with van der Waals surface area (Å²) < 4.78 is 0. The Kier molecular flexibility index (Phi) is 3.29. The molecule has 0 aliphatic rings. The first-order valence-electron chi connectivity index (χ1n) is 4.50. The summed E-state index contributed by atoms with van der Waals surface area (Å²) in [6, 6.07) is 4.68. The summed E-state index contributed by atoms with van der Waals surface area (Å²) in [5.74, 6) is 0. The van der Waals surface area contributed by atoms with Crippen molar-refractivity contribution >= 4 is 22.7 Å². The summed E-state index contributed by atoms with van der Waals surface area (Å²) in [4.78, 5) is 6.71. The number of rotatable bonds is 4. The van der Waals surface area contributed by atoms with E-state index in [1.807, 2.05) is 11.7 Å². The van der Waals surface area contributed by atoms with Gasteiger partial charge in [-0.15, -0.1) is 22.7 Å². The molecule has 0 bridgehead atoms. The Morgan fingerprint density at radius 2 is 2.43 bits per heavy atom. The number of hydrogen-bond donors (Lipinski definition) is 1. The fourth-order valence-corrected chi connectivity index (χ4v) is 2.53. The van der Waals surface area contributed by atoms with Crippen LogP contribution in [0.4, 0.5) is 0 Å². The van der Waals surface area contributed by atoms with Gasteiger partial charge in [-0.3, -0.25) is 4.98 Å². The summed E-state index contributed by atoms with van der Waals surface area (Å²) in [7, 11) is 0. The van der Waals surface area contributed by atoms with Crippen molar-refractivity contribution in [3.8, 4) is 0 Å². The van der Waals surface area contributed by atoms with Crippen LogP contribution in [0.5, 0.6) is 0 Å². The lowest BCUT2D eigenvalue weighted by Crippen LogP contribution is -2.16. The van der Waals surface area contributed by atoms with E-state index in [1.165, 1.54) is 9.75 Å². The van der Waals surface area contributed by atoms with Crippen LogP contribution < -0.4 is 5.32 Å². The largest absolute Gasteiger partial charge is 0.304 e. The Labute approximate surface area is 91.6 Å². The van der Waals surface area contributed by atoms with Crippen LogP contribution in [0.2, 0.25) is 0 Å². The van der Waals surface area contributed by atoms with Crippen molar-refractivity contribution in [1.29, 1.82) is 0 Å². The second-order valence-corrected chi connectivity index (χ2v) is 5.04. The van der Waals surface area contributed by atoms with Crippen LogP contribution in [0.15, 0.2) is 29.2 Å². The molecule has 0 fully saturated rings. The number of thiazole rings is 1. The highest BCUT2D eigenvalue weighted by atomic mass is 32.1. The van der Waals surface area contributed by atoms with Crippen LogP contribution >= 0.6 is 22.7 Å². The number of aromatic nitrogens is 1. The Morgan fingerprint density at radius 3 is 3.07 bits per heavy atom. The first kappa shape index (κ1) is 9.83. The van der Waals surface area contributed by atoms with Gasteiger partial charge in [-0.2, -0.15) is 0 Å². The topological polar surface area (TPSA) is 24.9 Å². The van der Waals surface area contributed by atoms with Crippen molar-refractivity contribution in [2.45, 2.75) is 19.5 Å². The second kappa shape index (κ2) is 4.68. The maximum absolute atomic E-state index is 4.04. The van der Waals surface area contributed by atoms with E-state index in [1.54, 1.807) is 22.7 Å². The van der Waals surface area contributed by atoms with Crippen LogP contribution in [0.3, 0.4) is 0 Å². The SMILES string of the molecule is CC(NCc1cncs1)c1cccs1. The average molecular weight is 224 g/mol. The zero-order valence-corrected chi connectivity index (χ0v) is 9.57. The molecule has 4 heteroatoms. The first-order valence-corrected chi connectivity index (χ1v) is 6.26. The number of hydrogen-bond acceptors (Lipinski definition) is 4. The predicted octanol–water partition coefficient (Wildman–Crippen LogP) is 3.06. The van der Waals surface area contributed by atoms with E-state index in [2.05, 4.69) is 34.7 Å². The van der Waals surface area contributed by atoms with Crippen molar-refractivity contribution in [2.75, 3.05) is 0 Å². The molecule has 74 valence electrons. The third kappa shape index (κ3) is 2.41. The molecule has 0 aromatic carbocycles. The zero-order valence-electron chi connectivity index (χ0n) is 7.93. The van der Waals surface area contributed by atoms with Gasteiger partial charge in [-0.25, -0.2) is 0 Å². The van der Waals surface area contributed by atoms with E-state index >= 15 is 0 Å². The van der Waals surface area contributed by atoms with E-state index in [0.29, 0.717) is 6.04 Å². The Morgan fingerprint density at radius 1 is 1.50 bits per heavy atom. The third-order valence-electron chi connectivity index (χ3n) is 2.04. The lowest BCUT2D eigenvalue weighted by atomic mass is 10.3. The quantitative estimate of drug-likeness (QED) is 0.863. The maximum Gasteiger partial charge on any atom is 0.0794 e. The van der Waals surface area contributed by atoms with Gasteiger partial charge in [0.2, 0.25) is 0 Å². The molecule has 0 spiro atoms. The summed E-state index contributed by atoms with van der Waals surface area (Å²) in [6.45, 7) is 3.09. The Hall–Kier alpha value is -0.710. The highest BCUT2D eigenvalue weighted by molar-refractivity contribution is 7.10. The van der Waals surface area contributed by atoms with Crippen LogP contribution in [0, 0.1) is 0 Å². The third-order valence-corrected chi connectivity index (χ3v) is 3.87. The first-order chi connectivity index (χ1) is 6.86. The Balaban J connectivity index is 1.87. The van der Waals surface area contributed by atoms with E-state index < -0.39 is 0 Å². The van der Waals surface area contributed by atoms with E-state index in [4.69, 9.17) is 0 Å². The summed E-state index contributed by atoms with van der Waals surface area (Å²) >= 11 is 3.49. The maximum atomic E-state index is 4.04. The summed E-state index contributed by atoms with van der Waals surface area (Å²) in [5, 5.41) is 5.58. The van der Waals surface area contributed by atoms with Crippen molar-refractivity contribution in [3.63, 3.8) is 0 Å². The molecular weight excluding hydrogens is 212 g/mol. The van der Waals surface area contributed by atoms with E-state index in [0.717, 1.165) is 6.54 Å². The summed E-state index contributed by atoms with van der Waals surface area (Å²) in [6.07, 6.45) is 1.92. The standard InChI is InChI=1S/C10H12N2S2/c1-8(10-3-2-4-13-10)12-6-9-5-11-7-14-9/h2-5,7-8,12H,6H2,1H3. The van der Waals surface area contributed by atoms with Gasteiger partial charge in [0.05, 0.1) is 5.51 Å². The van der Waals surface area contributed by atoms with Gasteiger partial charge in [0.15, 0.2) is 0 Å². The average Bonchev–Trinajstić information content (AvgIpc) is 2.87. The highest BCUT2D eigenvalue weighted by Gasteiger charge is 2.05. The zero-order chi connectivity index (χ0) is 9.80. The van der Waals surface area contributed by atoms with Gasteiger partial charge in [-0.05, 0) is 18.4 Å². The number of thiophene rings is 1. The monoisotopic (exact) mass is 224 g/mol. The van der Waals surface area contributed by atoms with Crippen LogP contribution in [-0.2, 0) is 6.54 Å². The Bertz CT molecular complexity index is 353. The fraction of sp³-hybridized carbons (Fsp3) is 0.300. The van der Waals surface area contributed by atoms with Crippen molar-refractivity contribution in [3.05, 3.63) is 39.0 Å². The van der Waals surface area contributed by atoms with Crippen molar-refractivity contribution in [2.24, 2.45) is 0 Å². The summed E-state index contributed by atoms with van der Waals surface area (Å²) in [5.41, 5.74) is 1.87. The van der Waals surface area contributed by atoms with Gasteiger partial charge in [-0.1, -0.05) is 6.07 Å². The molecule has 2 aromatic heterocycles. The van der Waals surface area contributed by atoms with Crippen LogP contribution in [-0.4, -0.2) is 4.98 Å². The van der Waals surface area contributed by atoms with Crippen molar-refractivity contribution in [1.82, 2.24) is 10.3 Å². The molecule has 0 aliphatic carbocycles. The molecule has 0 saturated heterocycles. The number of nitrogens with one attached hydrogen (secondary N) is 1. The van der Waals surface area contributed by atoms with Crippen LogP contribution in [0.25, 0.3) is 0 Å². The molecule has 0 amide bonds. The van der Waals surface area contributed by atoms with E-state index in [9.17, 15) is 0 Å². The molecule has 2 heterocycles. The fourth-order valence-electron chi connectivity index (χ4n) is 1.22. The van der Waals surface area contributed by atoms with E-state index in [-0.39, 0.29) is 0 Å². The molecule has 2 rings (SSSR count). The van der Waals surface area contributed by atoms with Crippen LogP contribution in [0.1, 0.15) is 22.7 Å². The molecule has 0 aliphatic heterocycles. The molecule has 0 radical (unpaired) electrons. The van der Waals surface area contributed by atoms with Gasteiger partial charge < -0.3 is 5.32 Å². The molecule has 0 saturated carbocycles. The molecule has 1 N–H and O–H groups in total.